The van der Waals surface area contributed by atoms with Crippen LogP contribution < -0.4 is 21.2 Å². The number of hydrogen-bond donors (Lipinski definition) is 0. The molecular formula is C32H36O4P4. The van der Waals surface area contributed by atoms with Crippen LogP contribution in [-0.2, 0) is 18.3 Å². The second-order valence-corrected chi connectivity index (χ2v) is 21.1. The van der Waals surface area contributed by atoms with E-state index in [4.69, 9.17) is 0 Å². The fourth-order valence-electron chi connectivity index (χ4n) is 3.75. The van der Waals surface area contributed by atoms with E-state index in [2.05, 4.69) is 0 Å². The molecule has 8 heteroatoms. The Kier molecular flexibility index (Phi) is 10.9. The van der Waals surface area contributed by atoms with E-state index in [1.807, 2.05) is 121 Å². The van der Waals surface area contributed by atoms with Crippen molar-refractivity contribution in [3.63, 3.8) is 0 Å². The number of benzene rings is 4. The van der Waals surface area contributed by atoms with Crippen LogP contribution in [0, 0.1) is 0 Å². The van der Waals surface area contributed by atoms with Gasteiger partial charge in [0.1, 0.15) is 28.6 Å². The molecule has 0 fully saturated rings. The van der Waals surface area contributed by atoms with Gasteiger partial charge in [0.25, 0.3) is 0 Å². The third kappa shape index (κ3) is 9.16. The smallest absolute Gasteiger partial charge is 0.133 e. The summed E-state index contributed by atoms with van der Waals surface area (Å²) in [5, 5.41) is 3.13. The van der Waals surface area contributed by atoms with Gasteiger partial charge >= 0.3 is 0 Å². The predicted molar refractivity (Wildman–Crippen MR) is 177 cm³/mol. The Morgan fingerprint density at radius 2 is 0.475 bits per heavy atom. The highest BCUT2D eigenvalue weighted by molar-refractivity contribution is 7.78. The van der Waals surface area contributed by atoms with Crippen molar-refractivity contribution in [2.24, 2.45) is 0 Å². The molecule has 0 aliphatic rings. The van der Waals surface area contributed by atoms with E-state index in [-0.39, 0.29) is 0 Å². The fraction of sp³-hybridized carbons (Fsp3) is 0.125. The molecule has 0 aromatic heterocycles. The molecule has 0 amide bonds. The van der Waals surface area contributed by atoms with E-state index in [0.717, 1.165) is 21.2 Å². The van der Waals surface area contributed by atoms with Crippen LogP contribution in [-0.4, -0.2) is 26.7 Å². The van der Waals surface area contributed by atoms with Crippen LogP contribution in [0.15, 0.2) is 145 Å². The Labute approximate surface area is 238 Å². The van der Waals surface area contributed by atoms with Crippen molar-refractivity contribution in [1.29, 1.82) is 0 Å². The SMILES string of the molecule is C[P@](=O)(/C=C/[P@](C)(=O)c1ccccc1)c1ccccc1.C[P@](=O)(/C=C/[P@](C)(=O)c1ccccc1)c1ccccc1. The largest absolute Gasteiger partial charge is 0.315 e. The van der Waals surface area contributed by atoms with Crippen LogP contribution in [0.5, 0.6) is 0 Å². The molecule has 0 spiro atoms. The molecule has 4 aromatic rings. The van der Waals surface area contributed by atoms with Crippen molar-refractivity contribution < 1.29 is 18.3 Å². The molecule has 0 N–H and O–H groups in total. The summed E-state index contributed by atoms with van der Waals surface area (Å²) in [6.45, 7) is 6.79. The molecule has 0 bridgehead atoms. The number of hydrogen-bond acceptors (Lipinski definition) is 4. The minimum Gasteiger partial charge on any atom is -0.315 e. The molecule has 0 heterocycles. The molecule has 40 heavy (non-hydrogen) atoms. The van der Waals surface area contributed by atoms with E-state index >= 15 is 0 Å². The molecular weight excluding hydrogens is 572 g/mol. The van der Waals surface area contributed by atoms with Crippen LogP contribution in [0.1, 0.15) is 0 Å². The average Bonchev–Trinajstić information content (AvgIpc) is 2.98. The van der Waals surface area contributed by atoms with Gasteiger partial charge in [-0.3, -0.25) is 0 Å². The van der Waals surface area contributed by atoms with Crippen LogP contribution in [0.4, 0.5) is 0 Å². The molecule has 4 nitrogen and oxygen atoms in total. The second-order valence-electron chi connectivity index (χ2n) is 9.90. The third-order valence-electron chi connectivity index (χ3n) is 6.35. The van der Waals surface area contributed by atoms with Crippen molar-refractivity contribution in [2.75, 3.05) is 26.7 Å². The van der Waals surface area contributed by atoms with Crippen molar-refractivity contribution in [3.05, 3.63) is 145 Å². The molecule has 0 saturated carbocycles. The zero-order valence-electron chi connectivity index (χ0n) is 23.3. The maximum absolute atomic E-state index is 12.7. The summed E-state index contributed by atoms with van der Waals surface area (Å²) in [4.78, 5) is 0. The lowest BCUT2D eigenvalue weighted by Gasteiger charge is -2.11. The maximum Gasteiger partial charge on any atom is 0.133 e. The summed E-state index contributed by atoms with van der Waals surface area (Å²) >= 11 is 0. The Morgan fingerprint density at radius 3 is 0.625 bits per heavy atom. The Morgan fingerprint density at radius 1 is 0.325 bits per heavy atom. The van der Waals surface area contributed by atoms with Gasteiger partial charge in [-0.25, -0.2) is 0 Å². The van der Waals surface area contributed by atoms with Gasteiger partial charge in [-0.15, -0.1) is 0 Å². The van der Waals surface area contributed by atoms with Gasteiger partial charge in [-0.1, -0.05) is 121 Å². The standard InChI is InChI=1S/2C16H18O2P2/c2*1-19(17,15-9-5-3-6-10-15)13-14-20(2,18)16-11-7-4-8-12-16/h2*3-14H,1-2H3/b2*14-13+/t2*19-,20-/m00/s1. The number of rotatable bonds is 8. The minimum atomic E-state index is -2.61. The van der Waals surface area contributed by atoms with Gasteiger partial charge in [-0.05, 0) is 49.9 Å². The first-order valence-electron chi connectivity index (χ1n) is 12.8. The predicted octanol–water partition coefficient (Wildman–Crippen LogP) is 8.19. The molecule has 0 aliphatic carbocycles. The summed E-state index contributed by atoms with van der Waals surface area (Å²) in [6, 6.07) is 37.2. The van der Waals surface area contributed by atoms with Gasteiger partial charge < -0.3 is 18.3 Å². The van der Waals surface area contributed by atoms with E-state index in [9.17, 15) is 18.3 Å². The Bertz CT molecular complexity index is 1380. The topological polar surface area (TPSA) is 68.3 Å². The minimum absolute atomic E-state index is 0.782. The molecule has 0 radical (unpaired) electrons. The van der Waals surface area contributed by atoms with E-state index in [0.29, 0.717) is 0 Å². The van der Waals surface area contributed by atoms with Crippen LogP contribution >= 0.6 is 28.6 Å². The molecule has 0 saturated heterocycles. The van der Waals surface area contributed by atoms with E-state index in [1.54, 1.807) is 49.9 Å². The van der Waals surface area contributed by atoms with Gasteiger partial charge in [-0.2, -0.15) is 0 Å². The lowest BCUT2D eigenvalue weighted by Crippen LogP contribution is -2.02. The summed E-state index contributed by atoms with van der Waals surface area (Å²) in [5.41, 5.74) is 0. The zero-order valence-corrected chi connectivity index (χ0v) is 26.9. The second kappa shape index (κ2) is 13.8. The van der Waals surface area contributed by atoms with Crippen molar-refractivity contribution in [1.82, 2.24) is 0 Å². The van der Waals surface area contributed by atoms with Crippen LogP contribution in [0.3, 0.4) is 0 Å². The van der Waals surface area contributed by atoms with Gasteiger partial charge in [0.05, 0.1) is 0 Å². The summed E-state index contributed by atoms with van der Waals surface area (Å²) in [7, 11) is -10.5. The normalized spacial score (nSPS) is 17.5. The monoisotopic (exact) mass is 608 g/mol. The quantitative estimate of drug-likeness (QED) is 0.189. The first-order chi connectivity index (χ1) is 18.8. The fourth-order valence-corrected chi connectivity index (χ4v) is 11.6. The first kappa shape index (κ1) is 31.8. The Hall–Kier alpha value is -2.72. The van der Waals surface area contributed by atoms with Crippen LogP contribution in [0.25, 0.3) is 0 Å². The molecule has 208 valence electrons. The van der Waals surface area contributed by atoms with Crippen molar-refractivity contribution in [2.45, 2.75) is 0 Å². The third-order valence-corrected chi connectivity index (χ3v) is 15.0. The van der Waals surface area contributed by atoms with Crippen molar-refractivity contribution in [3.8, 4) is 0 Å². The molecule has 0 unspecified atom stereocenters. The van der Waals surface area contributed by atoms with E-state index < -0.39 is 28.6 Å². The molecule has 4 atom stereocenters. The lowest BCUT2D eigenvalue weighted by atomic mass is 10.4. The highest BCUT2D eigenvalue weighted by atomic mass is 31.2. The summed E-state index contributed by atoms with van der Waals surface area (Å²) in [6.07, 6.45) is 0. The summed E-state index contributed by atoms with van der Waals surface area (Å²) < 4.78 is 50.7. The van der Waals surface area contributed by atoms with Crippen molar-refractivity contribution >= 4 is 49.8 Å². The van der Waals surface area contributed by atoms with Gasteiger partial charge in [0.15, 0.2) is 0 Å². The highest BCUT2D eigenvalue weighted by Gasteiger charge is 2.20. The van der Waals surface area contributed by atoms with Gasteiger partial charge in [0, 0.05) is 21.2 Å². The Balaban J connectivity index is 0.000000220. The first-order valence-corrected chi connectivity index (χ1v) is 21.6. The zero-order chi connectivity index (χ0) is 29.3. The maximum atomic E-state index is 12.7. The van der Waals surface area contributed by atoms with Gasteiger partial charge in [0.2, 0.25) is 0 Å². The summed E-state index contributed by atoms with van der Waals surface area (Å²) in [5.74, 6) is 6.48. The van der Waals surface area contributed by atoms with Crippen LogP contribution in [0.2, 0.25) is 0 Å². The molecule has 4 aromatic carbocycles. The molecule has 4 rings (SSSR count). The highest BCUT2D eigenvalue weighted by Crippen LogP contribution is 2.50. The average molecular weight is 609 g/mol. The van der Waals surface area contributed by atoms with E-state index in [1.165, 1.54) is 0 Å². The molecule has 0 aliphatic heterocycles. The lowest BCUT2D eigenvalue weighted by molar-refractivity contribution is 0.587.